The molecule has 4 atom stereocenters. The van der Waals surface area contributed by atoms with E-state index in [0.717, 1.165) is 0 Å². The van der Waals surface area contributed by atoms with Crippen molar-refractivity contribution in [2.24, 2.45) is 0 Å². The van der Waals surface area contributed by atoms with E-state index in [9.17, 15) is 0 Å². The van der Waals surface area contributed by atoms with Crippen molar-refractivity contribution >= 4 is 0 Å². The molecule has 3 rings (SSSR count). The maximum Gasteiger partial charge on any atom is 0.109 e. The highest BCUT2D eigenvalue weighted by Gasteiger charge is 2.37. The number of epoxide rings is 2. The summed E-state index contributed by atoms with van der Waals surface area (Å²) >= 11 is 0. The van der Waals surface area contributed by atoms with E-state index >= 15 is 0 Å². The van der Waals surface area contributed by atoms with Gasteiger partial charge in [0.15, 0.2) is 0 Å². The number of hydrogen-bond acceptors (Lipinski definition) is 2. The fourth-order valence-corrected chi connectivity index (χ4v) is 1.95. The first kappa shape index (κ1) is 8.45. The minimum atomic E-state index is 0.335. The van der Waals surface area contributed by atoms with Crippen LogP contribution in [-0.2, 0) is 9.47 Å². The zero-order chi connectivity index (χ0) is 9.71. The molecule has 0 aromatic heterocycles. The highest BCUT2D eigenvalue weighted by molar-refractivity contribution is 5.30. The largest absolute Gasteiger partial charge is 0.365 e. The van der Waals surface area contributed by atoms with E-state index in [0.29, 0.717) is 24.4 Å². The molecule has 1 aromatic carbocycles. The van der Waals surface area contributed by atoms with E-state index in [2.05, 4.69) is 38.1 Å². The molecule has 2 aliphatic rings. The van der Waals surface area contributed by atoms with Crippen LogP contribution in [0.5, 0.6) is 0 Å². The molecule has 0 saturated carbocycles. The van der Waals surface area contributed by atoms with Gasteiger partial charge in [0.1, 0.15) is 12.2 Å². The summed E-state index contributed by atoms with van der Waals surface area (Å²) in [4.78, 5) is 0. The Hall–Kier alpha value is -0.860. The van der Waals surface area contributed by atoms with Gasteiger partial charge in [-0.3, -0.25) is 0 Å². The second kappa shape index (κ2) is 2.81. The molecule has 2 nitrogen and oxygen atoms in total. The van der Waals surface area contributed by atoms with Crippen molar-refractivity contribution in [1.29, 1.82) is 0 Å². The van der Waals surface area contributed by atoms with Crippen LogP contribution in [0.1, 0.15) is 37.2 Å². The van der Waals surface area contributed by atoms with Gasteiger partial charge in [0.2, 0.25) is 0 Å². The molecule has 2 fully saturated rings. The summed E-state index contributed by atoms with van der Waals surface area (Å²) in [5, 5.41) is 0. The minimum Gasteiger partial charge on any atom is -0.365 e. The van der Waals surface area contributed by atoms with Crippen molar-refractivity contribution in [3.05, 3.63) is 35.4 Å². The second-order valence-electron chi connectivity index (χ2n) is 4.19. The van der Waals surface area contributed by atoms with Gasteiger partial charge in [0.25, 0.3) is 0 Å². The van der Waals surface area contributed by atoms with E-state index in [1.165, 1.54) is 11.1 Å². The van der Waals surface area contributed by atoms with E-state index < -0.39 is 0 Å². The molecule has 2 saturated heterocycles. The predicted molar refractivity (Wildman–Crippen MR) is 53.0 cm³/mol. The summed E-state index contributed by atoms with van der Waals surface area (Å²) in [5.74, 6) is 0. The summed E-state index contributed by atoms with van der Waals surface area (Å²) in [6.07, 6.45) is 1.47. The van der Waals surface area contributed by atoms with Crippen LogP contribution in [0.4, 0.5) is 0 Å². The predicted octanol–water partition coefficient (Wildman–Crippen LogP) is 2.61. The fourth-order valence-electron chi connectivity index (χ4n) is 1.95. The van der Waals surface area contributed by atoms with Gasteiger partial charge in [-0.2, -0.15) is 0 Å². The van der Waals surface area contributed by atoms with Gasteiger partial charge >= 0.3 is 0 Å². The van der Waals surface area contributed by atoms with Gasteiger partial charge in [-0.1, -0.05) is 24.3 Å². The lowest BCUT2D eigenvalue weighted by atomic mass is 10.1. The molecule has 0 bridgehead atoms. The average Bonchev–Trinajstić information content (AvgIpc) is 3.06. The first-order valence-corrected chi connectivity index (χ1v) is 5.16. The fraction of sp³-hybridized carbons (Fsp3) is 0.500. The van der Waals surface area contributed by atoms with Crippen molar-refractivity contribution in [2.45, 2.75) is 38.3 Å². The molecule has 14 heavy (non-hydrogen) atoms. The van der Waals surface area contributed by atoms with Crippen molar-refractivity contribution < 1.29 is 9.47 Å². The van der Waals surface area contributed by atoms with Crippen molar-refractivity contribution in [1.82, 2.24) is 0 Å². The number of ether oxygens (including phenoxy) is 2. The number of hydrogen-bond donors (Lipinski definition) is 0. The van der Waals surface area contributed by atoms with Crippen LogP contribution in [0.15, 0.2) is 24.3 Å². The van der Waals surface area contributed by atoms with Crippen LogP contribution in [0, 0.1) is 0 Å². The van der Waals surface area contributed by atoms with Crippen LogP contribution < -0.4 is 0 Å². The maximum absolute atomic E-state index is 5.41. The standard InChI is InChI=1S/C12H14O2/c1-7-11(13-7)9-3-5-10(6-4-9)12-8(2)14-12/h3-8,11-12H,1-2H3. The smallest absolute Gasteiger partial charge is 0.109 e. The van der Waals surface area contributed by atoms with Gasteiger partial charge in [-0.15, -0.1) is 0 Å². The Bertz CT molecular complexity index is 309. The summed E-state index contributed by atoms with van der Waals surface area (Å²) in [5.41, 5.74) is 2.57. The Morgan fingerprint density at radius 1 is 0.786 bits per heavy atom. The Kier molecular flexibility index (Phi) is 1.70. The number of benzene rings is 1. The third kappa shape index (κ3) is 1.35. The van der Waals surface area contributed by atoms with Crippen molar-refractivity contribution in [3.63, 3.8) is 0 Å². The molecule has 2 heteroatoms. The third-order valence-electron chi connectivity index (χ3n) is 3.02. The van der Waals surface area contributed by atoms with Gasteiger partial charge in [0, 0.05) is 0 Å². The molecule has 0 spiro atoms. The van der Waals surface area contributed by atoms with E-state index in [1.54, 1.807) is 0 Å². The molecule has 0 aliphatic carbocycles. The highest BCUT2D eigenvalue weighted by Crippen LogP contribution is 2.41. The van der Waals surface area contributed by atoms with Gasteiger partial charge in [-0.25, -0.2) is 0 Å². The van der Waals surface area contributed by atoms with Crippen molar-refractivity contribution in [3.8, 4) is 0 Å². The Morgan fingerprint density at radius 2 is 1.07 bits per heavy atom. The number of rotatable bonds is 2. The monoisotopic (exact) mass is 190 g/mol. The first-order valence-electron chi connectivity index (χ1n) is 5.16. The van der Waals surface area contributed by atoms with E-state index in [4.69, 9.17) is 9.47 Å². The maximum atomic E-state index is 5.41. The summed E-state index contributed by atoms with van der Waals surface area (Å²) in [6, 6.07) is 8.60. The van der Waals surface area contributed by atoms with E-state index in [-0.39, 0.29) is 0 Å². The zero-order valence-corrected chi connectivity index (χ0v) is 8.44. The molecule has 74 valence electrons. The third-order valence-corrected chi connectivity index (χ3v) is 3.02. The molecule has 0 amide bonds. The van der Waals surface area contributed by atoms with Crippen LogP contribution in [0.25, 0.3) is 0 Å². The summed E-state index contributed by atoms with van der Waals surface area (Å²) < 4.78 is 10.8. The van der Waals surface area contributed by atoms with E-state index in [1.807, 2.05) is 0 Å². The normalized spacial score (nSPS) is 39.6. The topological polar surface area (TPSA) is 25.1 Å². The van der Waals surface area contributed by atoms with Crippen LogP contribution in [0.3, 0.4) is 0 Å². The molecule has 4 unspecified atom stereocenters. The molecule has 2 aliphatic heterocycles. The lowest BCUT2D eigenvalue weighted by Gasteiger charge is -1.98. The minimum absolute atomic E-state index is 0.335. The zero-order valence-electron chi connectivity index (χ0n) is 8.44. The average molecular weight is 190 g/mol. The van der Waals surface area contributed by atoms with Gasteiger partial charge < -0.3 is 9.47 Å². The van der Waals surface area contributed by atoms with Crippen LogP contribution in [-0.4, -0.2) is 12.2 Å². The Labute approximate surface area is 83.8 Å². The van der Waals surface area contributed by atoms with Gasteiger partial charge in [-0.05, 0) is 25.0 Å². The van der Waals surface area contributed by atoms with Gasteiger partial charge in [0.05, 0.1) is 12.2 Å². The molecule has 0 N–H and O–H groups in total. The lowest BCUT2D eigenvalue weighted by molar-refractivity contribution is 0.381. The highest BCUT2D eigenvalue weighted by atomic mass is 16.6. The van der Waals surface area contributed by atoms with Crippen LogP contribution in [0.2, 0.25) is 0 Å². The molecule has 1 aromatic rings. The molecular weight excluding hydrogens is 176 g/mol. The molecular formula is C12H14O2. The Morgan fingerprint density at radius 3 is 1.29 bits per heavy atom. The van der Waals surface area contributed by atoms with Crippen LogP contribution >= 0.6 is 0 Å². The Balaban J connectivity index is 1.77. The molecule has 2 heterocycles. The molecule has 0 radical (unpaired) electrons. The summed E-state index contributed by atoms with van der Waals surface area (Å²) in [7, 11) is 0. The van der Waals surface area contributed by atoms with Crippen molar-refractivity contribution in [2.75, 3.05) is 0 Å². The SMILES string of the molecule is CC1OC1c1ccc(C2OC2C)cc1. The summed E-state index contributed by atoms with van der Waals surface area (Å²) in [6.45, 7) is 4.20. The second-order valence-corrected chi connectivity index (χ2v) is 4.19. The lowest BCUT2D eigenvalue weighted by Crippen LogP contribution is -1.87. The quantitative estimate of drug-likeness (QED) is 0.670. The first-order chi connectivity index (χ1) is 6.75.